The average Bonchev–Trinajstić information content (AvgIpc) is 3.18. The summed E-state index contributed by atoms with van der Waals surface area (Å²) in [5.74, 6) is 0.883. The fourth-order valence-corrected chi connectivity index (χ4v) is 2.62. The van der Waals surface area contributed by atoms with E-state index in [1.54, 1.807) is 0 Å². The Morgan fingerprint density at radius 1 is 1.33 bits per heavy atom. The van der Waals surface area contributed by atoms with Crippen LogP contribution in [-0.2, 0) is 6.54 Å². The van der Waals surface area contributed by atoms with Crippen LogP contribution in [0.5, 0.6) is 0 Å². The molecule has 3 heteroatoms. The van der Waals surface area contributed by atoms with E-state index in [0.717, 1.165) is 37.1 Å². The number of hydrogen-bond acceptors (Lipinski definition) is 2. The zero-order valence-electron chi connectivity index (χ0n) is 11.4. The smallest absolute Gasteiger partial charge is 0.0642 e. The van der Waals surface area contributed by atoms with E-state index in [1.165, 1.54) is 24.1 Å². The molecule has 1 aliphatic rings. The highest BCUT2D eigenvalue weighted by molar-refractivity contribution is 6.33. The normalized spacial score (nSPS) is 14.8. The Bertz CT molecular complexity index is 388. The highest BCUT2D eigenvalue weighted by Crippen LogP contribution is 2.35. The van der Waals surface area contributed by atoms with Crippen LogP contribution in [0.1, 0.15) is 32.3 Å². The molecule has 1 aromatic carbocycles. The van der Waals surface area contributed by atoms with Gasteiger partial charge in [-0.15, -0.1) is 0 Å². The van der Waals surface area contributed by atoms with E-state index >= 15 is 0 Å². The van der Waals surface area contributed by atoms with E-state index in [2.05, 4.69) is 30.1 Å². The predicted molar refractivity (Wildman–Crippen MR) is 79.4 cm³/mol. The Kier molecular flexibility index (Phi) is 4.90. The molecule has 2 nitrogen and oxygen atoms in total. The summed E-state index contributed by atoms with van der Waals surface area (Å²) in [6, 6.07) is 6.23. The van der Waals surface area contributed by atoms with Crippen LogP contribution in [-0.4, -0.2) is 19.6 Å². The second-order valence-electron chi connectivity index (χ2n) is 5.01. The first-order valence-corrected chi connectivity index (χ1v) is 7.37. The first kappa shape index (κ1) is 13.7. The maximum Gasteiger partial charge on any atom is 0.0642 e. The van der Waals surface area contributed by atoms with Gasteiger partial charge in [-0.25, -0.2) is 0 Å². The third-order valence-electron chi connectivity index (χ3n) is 3.51. The Balaban J connectivity index is 2.20. The molecule has 2 rings (SSSR count). The average molecular weight is 267 g/mol. The second kappa shape index (κ2) is 6.44. The lowest BCUT2D eigenvalue weighted by Gasteiger charge is -2.27. The van der Waals surface area contributed by atoms with Crippen LogP contribution in [0.25, 0.3) is 0 Å². The molecule has 18 heavy (non-hydrogen) atoms. The van der Waals surface area contributed by atoms with E-state index in [0.29, 0.717) is 0 Å². The van der Waals surface area contributed by atoms with Gasteiger partial charge in [0.2, 0.25) is 0 Å². The lowest BCUT2D eigenvalue weighted by Crippen LogP contribution is -2.27. The first-order valence-electron chi connectivity index (χ1n) is 6.99. The summed E-state index contributed by atoms with van der Waals surface area (Å²) in [4.78, 5) is 2.44. The number of benzene rings is 1. The highest BCUT2D eigenvalue weighted by atomic mass is 35.5. The summed E-state index contributed by atoms with van der Waals surface area (Å²) in [6.07, 6.45) is 2.76. The molecule has 0 saturated heterocycles. The van der Waals surface area contributed by atoms with Gasteiger partial charge in [-0.1, -0.05) is 30.7 Å². The van der Waals surface area contributed by atoms with Gasteiger partial charge in [0.05, 0.1) is 10.7 Å². The van der Waals surface area contributed by atoms with Gasteiger partial charge in [0.15, 0.2) is 0 Å². The Hall–Kier alpha value is -0.730. The molecule has 0 radical (unpaired) electrons. The molecule has 1 N–H and O–H groups in total. The van der Waals surface area contributed by atoms with Gasteiger partial charge in [-0.05, 0) is 43.9 Å². The molecule has 1 fully saturated rings. The van der Waals surface area contributed by atoms with Crippen molar-refractivity contribution >= 4 is 17.3 Å². The van der Waals surface area contributed by atoms with Crippen molar-refractivity contribution < 1.29 is 0 Å². The van der Waals surface area contributed by atoms with Gasteiger partial charge in [0.1, 0.15) is 0 Å². The molecule has 0 amide bonds. The zero-order chi connectivity index (χ0) is 13.0. The molecule has 1 saturated carbocycles. The minimum atomic E-state index is 0.882. The SMILES string of the molecule is CCNCc1cccc(Cl)c1N(CC)CC1CC1. The van der Waals surface area contributed by atoms with E-state index in [1.807, 2.05) is 12.1 Å². The molecule has 0 aromatic heterocycles. The van der Waals surface area contributed by atoms with Crippen molar-refractivity contribution in [1.29, 1.82) is 0 Å². The number of nitrogens with one attached hydrogen (secondary N) is 1. The summed E-state index contributed by atoms with van der Waals surface area (Å²) < 4.78 is 0. The summed E-state index contributed by atoms with van der Waals surface area (Å²) in [6.45, 7) is 8.40. The number of para-hydroxylation sites is 1. The lowest BCUT2D eigenvalue weighted by molar-refractivity contribution is 0.706. The minimum absolute atomic E-state index is 0.882. The fraction of sp³-hybridized carbons (Fsp3) is 0.600. The monoisotopic (exact) mass is 266 g/mol. The molecule has 1 aromatic rings. The molecule has 100 valence electrons. The third-order valence-corrected chi connectivity index (χ3v) is 3.81. The van der Waals surface area contributed by atoms with Crippen molar-refractivity contribution in [3.8, 4) is 0 Å². The Morgan fingerprint density at radius 3 is 2.72 bits per heavy atom. The number of hydrogen-bond donors (Lipinski definition) is 1. The highest BCUT2D eigenvalue weighted by Gasteiger charge is 2.25. The van der Waals surface area contributed by atoms with Gasteiger partial charge in [0, 0.05) is 19.6 Å². The summed E-state index contributed by atoms with van der Waals surface area (Å²) in [5, 5.41) is 4.28. The third kappa shape index (κ3) is 3.39. The first-order chi connectivity index (χ1) is 8.76. The van der Waals surface area contributed by atoms with E-state index in [9.17, 15) is 0 Å². The minimum Gasteiger partial charge on any atom is -0.370 e. The van der Waals surface area contributed by atoms with Crippen molar-refractivity contribution in [2.45, 2.75) is 33.2 Å². The number of nitrogens with zero attached hydrogens (tertiary/aromatic N) is 1. The van der Waals surface area contributed by atoms with Crippen molar-refractivity contribution in [2.24, 2.45) is 5.92 Å². The van der Waals surface area contributed by atoms with E-state index < -0.39 is 0 Å². The van der Waals surface area contributed by atoms with Gasteiger partial charge >= 0.3 is 0 Å². The van der Waals surface area contributed by atoms with E-state index in [4.69, 9.17) is 11.6 Å². The molecule has 0 heterocycles. The summed E-state index contributed by atoms with van der Waals surface area (Å²) in [7, 11) is 0. The molecule has 0 bridgehead atoms. The number of rotatable bonds is 7. The molecule has 0 atom stereocenters. The predicted octanol–water partition coefficient (Wildman–Crippen LogP) is 3.69. The van der Waals surface area contributed by atoms with Crippen molar-refractivity contribution in [2.75, 3.05) is 24.5 Å². The molecule has 1 aliphatic carbocycles. The van der Waals surface area contributed by atoms with Crippen LogP contribution in [0, 0.1) is 5.92 Å². The topological polar surface area (TPSA) is 15.3 Å². The molecule has 0 aliphatic heterocycles. The second-order valence-corrected chi connectivity index (χ2v) is 5.42. The Morgan fingerprint density at radius 2 is 2.11 bits per heavy atom. The van der Waals surface area contributed by atoms with Crippen LogP contribution in [0.4, 0.5) is 5.69 Å². The van der Waals surface area contributed by atoms with Gasteiger partial charge in [-0.2, -0.15) is 0 Å². The van der Waals surface area contributed by atoms with Crippen LogP contribution >= 0.6 is 11.6 Å². The van der Waals surface area contributed by atoms with E-state index in [-0.39, 0.29) is 0 Å². The summed E-state index contributed by atoms with van der Waals surface area (Å²) >= 11 is 6.42. The maximum absolute atomic E-state index is 6.42. The van der Waals surface area contributed by atoms with Crippen molar-refractivity contribution in [3.05, 3.63) is 28.8 Å². The largest absolute Gasteiger partial charge is 0.370 e. The van der Waals surface area contributed by atoms with Crippen LogP contribution in [0.2, 0.25) is 5.02 Å². The van der Waals surface area contributed by atoms with Gasteiger partial charge < -0.3 is 10.2 Å². The molecule has 0 unspecified atom stereocenters. The Labute approximate surface area is 115 Å². The molecular formula is C15H23ClN2. The molecule has 0 spiro atoms. The maximum atomic E-state index is 6.42. The quantitative estimate of drug-likeness (QED) is 0.810. The van der Waals surface area contributed by atoms with Crippen molar-refractivity contribution in [1.82, 2.24) is 5.32 Å². The number of halogens is 1. The van der Waals surface area contributed by atoms with Crippen LogP contribution in [0.3, 0.4) is 0 Å². The fourth-order valence-electron chi connectivity index (χ4n) is 2.31. The number of anilines is 1. The summed E-state index contributed by atoms with van der Waals surface area (Å²) in [5.41, 5.74) is 2.54. The van der Waals surface area contributed by atoms with Gasteiger partial charge in [0.25, 0.3) is 0 Å². The lowest BCUT2D eigenvalue weighted by atomic mass is 10.1. The van der Waals surface area contributed by atoms with Gasteiger partial charge in [-0.3, -0.25) is 0 Å². The standard InChI is InChI=1S/C15H23ClN2/c1-3-17-10-13-6-5-7-14(16)15(13)18(4-2)11-12-8-9-12/h5-7,12,17H,3-4,8-11H2,1-2H3. The molecular weight excluding hydrogens is 244 g/mol. The van der Waals surface area contributed by atoms with Crippen molar-refractivity contribution in [3.63, 3.8) is 0 Å². The van der Waals surface area contributed by atoms with Crippen LogP contribution < -0.4 is 10.2 Å². The zero-order valence-corrected chi connectivity index (χ0v) is 12.1. The van der Waals surface area contributed by atoms with Crippen LogP contribution in [0.15, 0.2) is 18.2 Å².